The molecule has 0 aliphatic carbocycles. The lowest BCUT2D eigenvalue weighted by Gasteiger charge is -2.35. The Bertz CT molecular complexity index is 1070. The maximum Gasteiger partial charge on any atom is 0.200 e. The van der Waals surface area contributed by atoms with Gasteiger partial charge in [0.1, 0.15) is 23.3 Å². The van der Waals surface area contributed by atoms with Gasteiger partial charge in [-0.15, -0.1) is 0 Å². The van der Waals surface area contributed by atoms with Crippen LogP contribution in [0.4, 0.5) is 0 Å². The van der Waals surface area contributed by atoms with Crippen molar-refractivity contribution in [1.29, 1.82) is 0 Å². The van der Waals surface area contributed by atoms with E-state index in [1.54, 1.807) is 19.2 Å². The molecule has 29 heavy (non-hydrogen) atoms. The Morgan fingerprint density at radius 3 is 2.79 bits per heavy atom. The van der Waals surface area contributed by atoms with Crippen LogP contribution in [0.2, 0.25) is 0 Å². The molecule has 2 heterocycles. The van der Waals surface area contributed by atoms with Gasteiger partial charge in [0.15, 0.2) is 0 Å². The average molecular weight is 393 g/mol. The number of rotatable bonds is 5. The first kappa shape index (κ1) is 19.5. The number of hydrogen-bond donors (Lipinski definition) is 1. The molecule has 4 rings (SSSR count). The molecule has 1 aliphatic heterocycles. The molecule has 2 aromatic carbocycles. The molecular formula is C24H27NO4. The lowest BCUT2D eigenvalue weighted by Crippen LogP contribution is -2.38. The number of piperidine rings is 1. The molecule has 0 unspecified atom stereocenters. The van der Waals surface area contributed by atoms with Crippen LogP contribution in [0.15, 0.2) is 51.9 Å². The Labute approximate surface area is 170 Å². The minimum atomic E-state index is -0.123. The Morgan fingerprint density at radius 2 is 2.00 bits per heavy atom. The van der Waals surface area contributed by atoms with E-state index in [9.17, 15) is 9.90 Å². The third kappa shape index (κ3) is 3.62. The fourth-order valence-corrected chi connectivity index (χ4v) is 4.39. The summed E-state index contributed by atoms with van der Waals surface area (Å²) < 4.78 is 11.4. The molecule has 3 aromatic rings. The summed E-state index contributed by atoms with van der Waals surface area (Å²) in [5.41, 5.74) is 2.18. The zero-order valence-corrected chi connectivity index (χ0v) is 17.0. The van der Waals surface area contributed by atoms with E-state index in [4.69, 9.17) is 9.15 Å². The quantitative estimate of drug-likeness (QED) is 0.665. The van der Waals surface area contributed by atoms with Gasteiger partial charge >= 0.3 is 0 Å². The van der Waals surface area contributed by atoms with Crippen molar-refractivity contribution in [2.24, 2.45) is 0 Å². The van der Waals surface area contributed by atoms with Crippen LogP contribution in [0, 0.1) is 0 Å². The van der Waals surface area contributed by atoms with Crippen LogP contribution >= 0.6 is 0 Å². The number of phenolic OH excluding ortho intramolecular Hbond substituents is 1. The Kier molecular flexibility index (Phi) is 5.58. The second-order valence-corrected chi connectivity index (χ2v) is 7.65. The van der Waals surface area contributed by atoms with Crippen molar-refractivity contribution in [3.8, 4) is 22.6 Å². The summed E-state index contributed by atoms with van der Waals surface area (Å²) in [6.45, 7) is 3.78. The first-order valence-corrected chi connectivity index (χ1v) is 10.3. The fraction of sp³-hybridized carbons (Fsp3) is 0.375. The molecule has 1 atom stereocenters. The van der Waals surface area contributed by atoms with E-state index < -0.39 is 0 Å². The number of para-hydroxylation sites is 1. The highest BCUT2D eigenvalue weighted by Crippen LogP contribution is 2.33. The summed E-state index contributed by atoms with van der Waals surface area (Å²) in [7, 11) is 1.58. The van der Waals surface area contributed by atoms with Crippen LogP contribution in [0.1, 0.15) is 38.2 Å². The molecule has 0 saturated carbocycles. The molecule has 1 saturated heterocycles. The number of fused-ring (bicyclic) bond motifs is 1. The summed E-state index contributed by atoms with van der Waals surface area (Å²) in [6.07, 6.45) is 6.13. The molecule has 0 bridgehead atoms. The SMILES string of the molecule is CC[C@H]1CCCCN1Cc1c(O)ccc2c(=O)c(-c3ccccc3OC)coc12. The summed E-state index contributed by atoms with van der Waals surface area (Å²) >= 11 is 0. The smallest absolute Gasteiger partial charge is 0.200 e. The fourth-order valence-electron chi connectivity index (χ4n) is 4.39. The molecule has 1 N–H and O–H groups in total. The van der Waals surface area contributed by atoms with Crippen LogP contribution in [-0.4, -0.2) is 29.7 Å². The molecular weight excluding hydrogens is 366 g/mol. The van der Waals surface area contributed by atoms with Gasteiger partial charge in [-0.25, -0.2) is 0 Å². The van der Waals surface area contributed by atoms with E-state index in [0.29, 0.717) is 46.0 Å². The number of hydrogen-bond acceptors (Lipinski definition) is 5. The van der Waals surface area contributed by atoms with Crippen molar-refractivity contribution in [2.45, 2.75) is 45.2 Å². The average Bonchev–Trinajstić information content (AvgIpc) is 2.76. The number of nitrogens with zero attached hydrogens (tertiary/aromatic N) is 1. The van der Waals surface area contributed by atoms with Gasteiger partial charge in [0.05, 0.1) is 23.6 Å². The van der Waals surface area contributed by atoms with E-state index in [1.807, 2.05) is 24.3 Å². The normalized spacial score (nSPS) is 17.5. The molecule has 0 amide bonds. The Morgan fingerprint density at radius 1 is 1.17 bits per heavy atom. The van der Waals surface area contributed by atoms with Gasteiger partial charge in [0.2, 0.25) is 5.43 Å². The Hall–Kier alpha value is -2.79. The number of aromatic hydroxyl groups is 1. The highest BCUT2D eigenvalue weighted by atomic mass is 16.5. The third-order valence-corrected chi connectivity index (χ3v) is 6.00. The molecule has 1 aliphatic rings. The minimum Gasteiger partial charge on any atom is -0.507 e. The molecule has 5 heteroatoms. The van der Waals surface area contributed by atoms with Crippen LogP contribution in [0.25, 0.3) is 22.1 Å². The van der Waals surface area contributed by atoms with Gasteiger partial charge in [-0.2, -0.15) is 0 Å². The van der Waals surface area contributed by atoms with E-state index >= 15 is 0 Å². The van der Waals surface area contributed by atoms with Crippen LogP contribution in [0.5, 0.6) is 11.5 Å². The van der Waals surface area contributed by atoms with Crippen molar-refractivity contribution in [3.05, 3.63) is 58.4 Å². The molecule has 0 spiro atoms. The number of methoxy groups -OCH3 is 1. The highest BCUT2D eigenvalue weighted by Gasteiger charge is 2.24. The molecule has 152 valence electrons. The predicted molar refractivity (Wildman–Crippen MR) is 114 cm³/mol. The van der Waals surface area contributed by atoms with Crippen LogP contribution < -0.4 is 10.2 Å². The molecule has 1 aromatic heterocycles. The van der Waals surface area contributed by atoms with E-state index in [0.717, 1.165) is 19.4 Å². The van der Waals surface area contributed by atoms with Gasteiger partial charge < -0.3 is 14.3 Å². The third-order valence-electron chi connectivity index (χ3n) is 6.00. The largest absolute Gasteiger partial charge is 0.507 e. The number of ether oxygens (including phenoxy) is 1. The van der Waals surface area contributed by atoms with Crippen molar-refractivity contribution >= 4 is 11.0 Å². The van der Waals surface area contributed by atoms with Gasteiger partial charge in [0.25, 0.3) is 0 Å². The predicted octanol–water partition coefficient (Wildman–Crippen LogP) is 4.94. The van der Waals surface area contributed by atoms with Crippen molar-refractivity contribution in [1.82, 2.24) is 4.90 Å². The first-order valence-electron chi connectivity index (χ1n) is 10.3. The van der Waals surface area contributed by atoms with Crippen molar-refractivity contribution in [2.75, 3.05) is 13.7 Å². The lowest BCUT2D eigenvalue weighted by molar-refractivity contribution is 0.135. The minimum absolute atomic E-state index is 0.123. The topological polar surface area (TPSA) is 62.9 Å². The van der Waals surface area contributed by atoms with Crippen molar-refractivity contribution in [3.63, 3.8) is 0 Å². The maximum absolute atomic E-state index is 13.3. The summed E-state index contributed by atoms with van der Waals surface area (Å²) in [6, 6.07) is 11.1. The molecule has 5 nitrogen and oxygen atoms in total. The van der Waals surface area contributed by atoms with E-state index in [1.165, 1.54) is 19.1 Å². The van der Waals surface area contributed by atoms with Gasteiger partial charge in [-0.1, -0.05) is 31.5 Å². The monoisotopic (exact) mass is 393 g/mol. The number of phenols is 1. The van der Waals surface area contributed by atoms with Gasteiger partial charge in [-0.3, -0.25) is 9.69 Å². The Balaban J connectivity index is 1.80. The number of benzene rings is 2. The molecule has 0 radical (unpaired) electrons. The lowest BCUT2D eigenvalue weighted by atomic mass is 9.98. The zero-order chi connectivity index (χ0) is 20.4. The summed E-state index contributed by atoms with van der Waals surface area (Å²) in [4.78, 5) is 15.7. The molecule has 1 fully saturated rings. The summed E-state index contributed by atoms with van der Waals surface area (Å²) in [5, 5.41) is 11.0. The maximum atomic E-state index is 13.3. The second kappa shape index (κ2) is 8.29. The van der Waals surface area contributed by atoms with Crippen LogP contribution in [0.3, 0.4) is 0 Å². The number of likely N-dealkylation sites (tertiary alicyclic amines) is 1. The van der Waals surface area contributed by atoms with Gasteiger partial charge in [0, 0.05) is 18.2 Å². The highest BCUT2D eigenvalue weighted by molar-refractivity contribution is 5.86. The van der Waals surface area contributed by atoms with E-state index in [2.05, 4.69) is 11.8 Å². The standard InChI is InChI=1S/C24H27NO4/c1-3-16-8-6-7-13-25(16)14-19-21(26)12-11-18-23(27)20(15-29-24(18)19)17-9-4-5-10-22(17)28-2/h4-5,9-12,15-16,26H,3,6-8,13-14H2,1-2H3/t16-/m0/s1. The zero-order valence-electron chi connectivity index (χ0n) is 17.0. The second-order valence-electron chi connectivity index (χ2n) is 7.65. The van der Waals surface area contributed by atoms with Crippen LogP contribution in [-0.2, 0) is 6.54 Å². The van der Waals surface area contributed by atoms with E-state index in [-0.39, 0.29) is 11.2 Å². The van der Waals surface area contributed by atoms with Gasteiger partial charge in [-0.05, 0) is 44.0 Å². The first-order chi connectivity index (χ1) is 14.1. The summed E-state index contributed by atoms with van der Waals surface area (Å²) in [5.74, 6) is 0.795. The van der Waals surface area contributed by atoms with Crippen molar-refractivity contribution < 1.29 is 14.3 Å².